The average molecular weight is 144 g/mol. The minimum atomic E-state index is 1.21. The van der Waals surface area contributed by atoms with E-state index in [4.69, 9.17) is 0 Å². The standard InChI is InChI=1S/C5H6NS2/c1-3-7-5-6(1)2-4-8-5/h1,3H,2,4H2/q+1. The van der Waals surface area contributed by atoms with E-state index in [1.807, 2.05) is 23.1 Å². The van der Waals surface area contributed by atoms with Crippen molar-refractivity contribution >= 4 is 23.1 Å². The topological polar surface area (TPSA) is 3.88 Å². The first-order chi connectivity index (χ1) is 3.97. The van der Waals surface area contributed by atoms with Gasteiger partial charge in [-0.1, -0.05) is 11.3 Å². The first-order valence-corrected chi connectivity index (χ1v) is 4.43. The third-order valence-electron chi connectivity index (χ3n) is 1.20. The molecule has 0 saturated heterocycles. The van der Waals surface area contributed by atoms with Gasteiger partial charge in [-0.15, -0.1) is 0 Å². The van der Waals surface area contributed by atoms with Gasteiger partial charge < -0.3 is 0 Å². The molecule has 0 radical (unpaired) electrons. The summed E-state index contributed by atoms with van der Waals surface area (Å²) < 4.78 is 3.76. The highest BCUT2D eigenvalue weighted by atomic mass is 32.2. The highest BCUT2D eigenvalue weighted by Crippen LogP contribution is 2.22. The molecular weight excluding hydrogens is 138 g/mol. The second-order valence-electron chi connectivity index (χ2n) is 1.71. The molecule has 1 nitrogen and oxygen atoms in total. The first-order valence-electron chi connectivity index (χ1n) is 2.56. The Morgan fingerprint density at radius 2 is 2.62 bits per heavy atom. The third kappa shape index (κ3) is 0.581. The number of thiazole rings is 1. The fraction of sp³-hybridized carbons (Fsp3) is 0.400. The Morgan fingerprint density at radius 1 is 1.62 bits per heavy atom. The van der Waals surface area contributed by atoms with Crippen LogP contribution in [0.15, 0.2) is 15.9 Å². The van der Waals surface area contributed by atoms with E-state index in [-0.39, 0.29) is 0 Å². The van der Waals surface area contributed by atoms with Crippen LogP contribution < -0.4 is 4.57 Å². The Kier molecular flexibility index (Phi) is 1.05. The molecule has 0 saturated carbocycles. The number of aromatic nitrogens is 1. The number of fused-ring (bicyclic) bond motifs is 1. The predicted molar refractivity (Wildman–Crippen MR) is 35.2 cm³/mol. The van der Waals surface area contributed by atoms with Gasteiger partial charge in [-0.25, -0.2) is 0 Å². The Morgan fingerprint density at radius 3 is 3.50 bits per heavy atom. The minimum Gasteiger partial charge on any atom is -0.182 e. The second-order valence-corrected chi connectivity index (χ2v) is 3.95. The van der Waals surface area contributed by atoms with E-state index in [0.717, 1.165) is 0 Å². The second kappa shape index (κ2) is 1.74. The van der Waals surface area contributed by atoms with E-state index >= 15 is 0 Å². The number of hydrogen-bond acceptors (Lipinski definition) is 2. The van der Waals surface area contributed by atoms with Crippen molar-refractivity contribution in [3.63, 3.8) is 0 Å². The molecule has 1 aromatic rings. The zero-order valence-electron chi connectivity index (χ0n) is 4.33. The van der Waals surface area contributed by atoms with Gasteiger partial charge in [-0.2, -0.15) is 4.57 Å². The molecular formula is C5H6NS2+. The number of hydrogen-bond donors (Lipinski definition) is 0. The van der Waals surface area contributed by atoms with Crippen molar-refractivity contribution in [1.82, 2.24) is 0 Å². The molecule has 0 unspecified atom stereocenters. The van der Waals surface area contributed by atoms with Crippen molar-refractivity contribution in [3.8, 4) is 0 Å². The highest BCUT2D eigenvalue weighted by molar-refractivity contribution is 8.00. The van der Waals surface area contributed by atoms with E-state index in [1.165, 1.54) is 16.6 Å². The van der Waals surface area contributed by atoms with Gasteiger partial charge >= 0.3 is 0 Å². The Bertz CT molecular complexity index is 176. The maximum atomic E-state index is 2.30. The van der Waals surface area contributed by atoms with Gasteiger partial charge in [0.1, 0.15) is 0 Å². The van der Waals surface area contributed by atoms with Gasteiger partial charge in [0.15, 0.2) is 12.7 Å². The van der Waals surface area contributed by atoms with Crippen molar-refractivity contribution < 1.29 is 4.57 Å². The largest absolute Gasteiger partial charge is 0.297 e. The van der Waals surface area contributed by atoms with E-state index in [0.29, 0.717) is 0 Å². The summed E-state index contributed by atoms with van der Waals surface area (Å²) >= 11 is 3.79. The van der Waals surface area contributed by atoms with Crippen LogP contribution in [0.3, 0.4) is 0 Å². The molecule has 2 heterocycles. The lowest BCUT2D eigenvalue weighted by Crippen LogP contribution is -2.28. The zero-order valence-corrected chi connectivity index (χ0v) is 5.97. The van der Waals surface area contributed by atoms with E-state index in [2.05, 4.69) is 16.1 Å². The summed E-state index contributed by atoms with van der Waals surface area (Å²) in [6.45, 7) is 1.21. The lowest BCUT2D eigenvalue weighted by molar-refractivity contribution is -0.716. The number of thioether (sulfide) groups is 1. The van der Waals surface area contributed by atoms with Gasteiger partial charge in [0.05, 0.1) is 11.1 Å². The SMILES string of the molecule is c1c[n+]2c(s1)SCC2. The van der Waals surface area contributed by atoms with Crippen LogP contribution in [0.1, 0.15) is 0 Å². The molecule has 0 atom stereocenters. The third-order valence-corrected chi connectivity index (χ3v) is 3.41. The molecule has 0 spiro atoms. The molecule has 1 aliphatic heterocycles. The van der Waals surface area contributed by atoms with Gasteiger partial charge in [0.2, 0.25) is 0 Å². The average Bonchev–Trinajstić information content (AvgIpc) is 2.15. The predicted octanol–water partition coefficient (Wildman–Crippen LogP) is 1.14. The van der Waals surface area contributed by atoms with Crippen LogP contribution in [0.4, 0.5) is 0 Å². The van der Waals surface area contributed by atoms with Crippen LogP contribution in [-0.4, -0.2) is 5.75 Å². The molecule has 0 aromatic carbocycles. The monoisotopic (exact) mass is 144 g/mol. The molecule has 0 N–H and O–H groups in total. The number of nitrogens with zero attached hydrogens (tertiary/aromatic N) is 1. The summed E-state index contributed by atoms with van der Waals surface area (Å²) in [6.07, 6.45) is 2.15. The van der Waals surface area contributed by atoms with Crippen LogP contribution in [0.5, 0.6) is 0 Å². The maximum absolute atomic E-state index is 2.30. The van der Waals surface area contributed by atoms with Gasteiger partial charge in [-0.3, -0.25) is 0 Å². The smallest absolute Gasteiger partial charge is 0.182 e. The van der Waals surface area contributed by atoms with Crippen LogP contribution in [0.25, 0.3) is 0 Å². The Balaban J connectivity index is 2.54. The van der Waals surface area contributed by atoms with E-state index in [9.17, 15) is 0 Å². The summed E-state index contributed by atoms with van der Waals surface area (Å²) in [6, 6.07) is 0. The van der Waals surface area contributed by atoms with Crippen molar-refractivity contribution in [2.24, 2.45) is 0 Å². The van der Waals surface area contributed by atoms with Gasteiger partial charge in [-0.05, 0) is 11.8 Å². The summed E-state index contributed by atoms with van der Waals surface area (Å²) in [5.41, 5.74) is 0. The van der Waals surface area contributed by atoms with Gasteiger partial charge in [0.25, 0.3) is 4.34 Å². The molecule has 42 valence electrons. The van der Waals surface area contributed by atoms with Crippen molar-refractivity contribution in [2.75, 3.05) is 5.75 Å². The van der Waals surface area contributed by atoms with Crippen molar-refractivity contribution in [2.45, 2.75) is 10.9 Å². The summed E-state index contributed by atoms with van der Waals surface area (Å²) in [7, 11) is 0. The number of aryl methyl sites for hydroxylation is 1. The normalized spacial score (nSPS) is 16.5. The summed E-state index contributed by atoms with van der Waals surface area (Å²) in [5.74, 6) is 1.27. The summed E-state index contributed by atoms with van der Waals surface area (Å²) in [5, 5.41) is 2.14. The van der Waals surface area contributed by atoms with Crippen LogP contribution >= 0.6 is 23.1 Å². The summed E-state index contributed by atoms with van der Waals surface area (Å²) in [4.78, 5) is 0. The minimum absolute atomic E-state index is 1.21. The van der Waals surface area contributed by atoms with Crippen LogP contribution in [0, 0.1) is 0 Å². The lowest BCUT2D eigenvalue weighted by Gasteiger charge is -1.73. The molecule has 3 heteroatoms. The first kappa shape index (κ1) is 4.82. The van der Waals surface area contributed by atoms with Crippen molar-refractivity contribution in [3.05, 3.63) is 11.6 Å². The lowest BCUT2D eigenvalue weighted by atomic mass is 10.7. The molecule has 1 aliphatic rings. The quantitative estimate of drug-likeness (QED) is 0.494. The fourth-order valence-corrected chi connectivity index (χ4v) is 2.89. The highest BCUT2D eigenvalue weighted by Gasteiger charge is 2.19. The van der Waals surface area contributed by atoms with Crippen LogP contribution in [-0.2, 0) is 6.54 Å². The Hall–Kier alpha value is -0.0200. The van der Waals surface area contributed by atoms with Crippen LogP contribution in [0.2, 0.25) is 0 Å². The zero-order chi connectivity index (χ0) is 5.40. The molecule has 8 heavy (non-hydrogen) atoms. The number of rotatable bonds is 0. The molecule has 0 bridgehead atoms. The molecule has 2 rings (SSSR count). The van der Waals surface area contributed by atoms with E-state index < -0.39 is 0 Å². The molecule has 0 aliphatic carbocycles. The molecule has 1 aromatic heterocycles. The van der Waals surface area contributed by atoms with Gasteiger partial charge in [0, 0.05) is 0 Å². The van der Waals surface area contributed by atoms with Crippen molar-refractivity contribution in [1.29, 1.82) is 0 Å². The maximum Gasteiger partial charge on any atom is 0.297 e. The Labute approximate surface area is 56.3 Å². The van der Waals surface area contributed by atoms with E-state index in [1.54, 1.807) is 0 Å². The molecule has 0 fully saturated rings. The fourth-order valence-electron chi connectivity index (χ4n) is 0.805. The molecule has 0 amide bonds.